The highest BCUT2D eigenvalue weighted by Gasteiger charge is 2.38. The van der Waals surface area contributed by atoms with Crippen LogP contribution in [-0.4, -0.2) is 63.4 Å². The first-order valence-electron chi connectivity index (χ1n) is 10.7. The van der Waals surface area contributed by atoms with Gasteiger partial charge in [-0.1, -0.05) is 4.51 Å². The maximum absolute atomic E-state index is 14.1. The molecule has 5 rings (SSSR count). The van der Waals surface area contributed by atoms with Gasteiger partial charge in [0.15, 0.2) is 0 Å². The Morgan fingerprint density at radius 3 is 2.82 bits per heavy atom. The number of anilines is 1. The van der Waals surface area contributed by atoms with Crippen LogP contribution in [0, 0.1) is 0 Å². The number of halogens is 3. The summed E-state index contributed by atoms with van der Waals surface area (Å²) in [5.74, 6) is 0.671. The molecule has 33 heavy (non-hydrogen) atoms. The first-order valence-corrected chi connectivity index (χ1v) is 13.3. The second-order valence-electron chi connectivity index (χ2n) is 8.26. The van der Waals surface area contributed by atoms with E-state index in [0.717, 1.165) is 18.8 Å². The molecular formula is C23H24F2IN5O2. The summed E-state index contributed by atoms with van der Waals surface area (Å²) in [4.78, 5) is 20.8. The summed E-state index contributed by atoms with van der Waals surface area (Å²) in [6.07, 6.45) is 6.40. The molecule has 174 valence electrons. The van der Waals surface area contributed by atoms with E-state index in [1.165, 1.54) is 18.0 Å². The summed E-state index contributed by atoms with van der Waals surface area (Å²) < 4.78 is 36.0. The molecule has 3 aliphatic rings. The molecule has 2 aliphatic heterocycles. The number of hydrogen-bond acceptors (Lipinski definition) is 5. The number of morpholine rings is 1. The number of fused-ring (bicyclic) bond motifs is 3. The van der Waals surface area contributed by atoms with Gasteiger partial charge in [-0.25, -0.2) is 4.68 Å². The largest absolute Gasteiger partial charge is 0.378 e. The highest BCUT2D eigenvalue weighted by molar-refractivity contribution is 14.2. The minimum absolute atomic E-state index is 0.0403. The average Bonchev–Trinajstić information content (AvgIpc) is 3.27. The smallest absolute Gasteiger partial charge is 0.332 e. The third-order valence-electron chi connectivity index (χ3n) is 6.26. The lowest BCUT2D eigenvalue weighted by molar-refractivity contribution is -0.116. The molecule has 1 unspecified atom stereocenters. The fourth-order valence-electron chi connectivity index (χ4n) is 4.50. The van der Waals surface area contributed by atoms with Gasteiger partial charge in [0.1, 0.15) is 11.5 Å². The van der Waals surface area contributed by atoms with E-state index in [2.05, 4.69) is 14.4 Å². The van der Waals surface area contributed by atoms with E-state index in [0.29, 0.717) is 43.0 Å². The summed E-state index contributed by atoms with van der Waals surface area (Å²) >= 11 is -1.55. The van der Waals surface area contributed by atoms with E-state index in [1.54, 1.807) is 18.0 Å². The van der Waals surface area contributed by atoms with E-state index in [9.17, 15) is 13.6 Å². The fraction of sp³-hybridized carbons (Fsp3) is 0.391. The third-order valence-corrected chi connectivity index (χ3v) is 7.77. The second kappa shape index (κ2) is 8.71. The fourth-order valence-corrected chi connectivity index (χ4v) is 5.19. The second-order valence-corrected chi connectivity index (χ2v) is 10.4. The Hall–Kier alpha value is -2.47. The van der Waals surface area contributed by atoms with Gasteiger partial charge in [-0.2, -0.15) is 13.9 Å². The quantitative estimate of drug-likeness (QED) is 0.410. The molecule has 0 saturated carbocycles. The van der Waals surface area contributed by atoms with Gasteiger partial charge < -0.3 is 9.64 Å². The molecular weight excluding hydrogens is 543 g/mol. The van der Waals surface area contributed by atoms with Gasteiger partial charge in [0, 0.05) is 56.5 Å². The maximum atomic E-state index is 14.1. The van der Waals surface area contributed by atoms with Crippen LogP contribution in [0.25, 0.3) is 0 Å². The SMILES string of the molecule is C=IC(F)(F)c1cc(Cc2cc3n(n2)C2CC(N4CCOCC4)=CC=C2C(=O)N3C)ccn1. The summed E-state index contributed by atoms with van der Waals surface area (Å²) in [7, 11) is 1.74. The lowest BCUT2D eigenvalue weighted by Crippen LogP contribution is -2.42. The first kappa shape index (κ1) is 22.3. The average molecular weight is 567 g/mol. The number of alkyl halides is 3. The summed E-state index contributed by atoms with van der Waals surface area (Å²) in [5, 5.41) is 4.80. The number of hydrogen-bond donors (Lipinski definition) is 0. The van der Waals surface area contributed by atoms with Crippen molar-refractivity contribution >= 4 is 37.0 Å². The Labute approximate surface area is 200 Å². The molecule has 2 aromatic heterocycles. The molecule has 7 nitrogen and oxygen atoms in total. The van der Waals surface area contributed by atoms with Crippen LogP contribution in [0.3, 0.4) is 0 Å². The zero-order valence-electron chi connectivity index (χ0n) is 18.2. The number of carbonyl (C=O) groups is 1. The van der Waals surface area contributed by atoms with Gasteiger partial charge in [0.25, 0.3) is 5.91 Å². The number of amides is 1. The third kappa shape index (κ3) is 4.14. The molecule has 0 spiro atoms. The monoisotopic (exact) mass is 567 g/mol. The van der Waals surface area contributed by atoms with E-state index in [4.69, 9.17) is 9.84 Å². The van der Waals surface area contributed by atoms with Gasteiger partial charge in [0.2, 0.25) is 0 Å². The van der Waals surface area contributed by atoms with Crippen molar-refractivity contribution in [2.24, 2.45) is 0 Å². The summed E-state index contributed by atoms with van der Waals surface area (Å²) in [6, 6.07) is 4.84. The van der Waals surface area contributed by atoms with Crippen LogP contribution in [0.2, 0.25) is 0 Å². The van der Waals surface area contributed by atoms with Crippen molar-refractivity contribution in [3.63, 3.8) is 0 Å². The topological polar surface area (TPSA) is 63.5 Å². The Morgan fingerprint density at radius 1 is 1.27 bits per heavy atom. The summed E-state index contributed by atoms with van der Waals surface area (Å²) in [5.41, 5.74) is 3.07. The molecule has 1 atom stereocenters. The van der Waals surface area contributed by atoms with E-state index < -0.39 is 24.7 Å². The lowest BCUT2D eigenvalue weighted by atomic mass is 9.93. The molecule has 0 aromatic carbocycles. The number of allylic oxidation sites excluding steroid dienone is 3. The van der Waals surface area contributed by atoms with Crippen molar-refractivity contribution in [3.8, 4) is 0 Å². The van der Waals surface area contributed by atoms with Crippen LogP contribution < -0.4 is 4.90 Å². The minimum Gasteiger partial charge on any atom is -0.378 e. The van der Waals surface area contributed by atoms with Gasteiger partial charge in [-0.05, 0) is 50.6 Å². The van der Waals surface area contributed by atoms with Crippen LogP contribution in [0.1, 0.15) is 29.4 Å². The van der Waals surface area contributed by atoms with Crippen molar-refractivity contribution in [1.29, 1.82) is 0 Å². The van der Waals surface area contributed by atoms with Crippen molar-refractivity contribution in [2.45, 2.75) is 22.8 Å². The highest BCUT2D eigenvalue weighted by atomic mass is 127. The van der Waals surface area contributed by atoms with Crippen LogP contribution in [0.15, 0.2) is 47.8 Å². The predicted octanol–water partition coefficient (Wildman–Crippen LogP) is 3.38. The molecule has 1 amide bonds. The lowest BCUT2D eigenvalue weighted by Gasteiger charge is -2.38. The molecule has 1 fully saturated rings. The molecule has 0 bridgehead atoms. The predicted molar refractivity (Wildman–Crippen MR) is 130 cm³/mol. The van der Waals surface area contributed by atoms with Crippen molar-refractivity contribution in [2.75, 3.05) is 38.3 Å². The van der Waals surface area contributed by atoms with Gasteiger partial charge in [-0.3, -0.25) is 14.7 Å². The molecule has 2 aromatic rings. The summed E-state index contributed by atoms with van der Waals surface area (Å²) in [6.45, 7) is 3.05. The number of ether oxygens (including phenoxy) is 1. The molecule has 0 radical (unpaired) electrons. The molecule has 0 N–H and O–H groups in total. The number of pyridine rings is 1. The molecule has 10 heteroatoms. The van der Waals surface area contributed by atoms with Gasteiger partial charge in [-0.15, -0.1) is 0 Å². The van der Waals surface area contributed by atoms with Crippen LogP contribution in [-0.2, 0) is 19.9 Å². The Kier molecular flexibility index (Phi) is 5.89. The van der Waals surface area contributed by atoms with Gasteiger partial charge in [0.05, 0.1) is 24.9 Å². The zero-order valence-corrected chi connectivity index (χ0v) is 20.3. The maximum Gasteiger partial charge on any atom is 0.332 e. The minimum atomic E-state index is -2.96. The standard InChI is InChI=1S/C23H24F2IN5O2/c1-26-23(24,25)20-12-15(5-6-27-20)11-16-13-21-29(2)22(32)18-4-3-17(14-19(18)31(21)28-16)30-7-9-33-10-8-30/h3-6,12-13,19H,1,7-11,14H2,2H3. The van der Waals surface area contributed by atoms with Crippen molar-refractivity contribution < 1.29 is 18.3 Å². The zero-order chi connectivity index (χ0) is 23.2. The Morgan fingerprint density at radius 2 is 2.06 bits per heavy atom. The van der Waals surface area contributed by atoms with E-state index in [-0.39, 0.29) is 17.6 Å². The van der Waals surface area contributed by atoms with Crippen LogP contribution >= 0.6 is 20.7 Å². The van der Waals surface area contributed by atoms with Crippen LogP contribution in [0.5, 0.6) is 0 Å². The van der Waals surface area contributed by atoms with Crippen LogP contribution in [0.4, 0.5) is 14.6 Å². The number of likely N-dealkylation sites (N-methyl/N-ethyl adjacent to an activating group) is 1. The van der Waals surface area contributed by atoms with E-state index in [1.807, 2.05) is 22.9 Å². The molecule has 4 heterocycles. The Bertz CT molecular complexity index is 1170. The number of carbonyl (C=O) groups excluding carboxylic acids is 1. The Balaban J connectivity index is 1.44. The number of rotatable bonds is 5. The first-order chi connectivity index (χ1) is 15.9. The van der Waals surface area contributed by atoms with Crippen molar-refractivity contribution in [3.05, 3.63) is 64.8 Å². The van der Waals surface area contributed by atoms with E-state index >= 15 is 0 Å². The number of nitrogens with zero attached hydrogens (tertiary/aromatic N) is 5. The molecule has 1 aliphatic carbocycles. The molecule has 1 saturated heterocycles. The van der Waals surface area contributed by atoms with Gasteiger partial charge >= 0.3 is 3.93 Å². The number of aromatic nitrogens is 3. The van der Waals surface area contributed by atoms with Crippen molar-refractivity contribution in [1.82, 2.24) is 19.7 Å². The normalized spacial score (nSPS) is 20.8. The highest BCUT2D eigenvalue weighted by Crippen LogP contribution is 2.40.